The van der Waals surface area contributed by atoms with Gasteiger partial charge in [-0.05, 0) is 93.3 Å². The van der Waals surface area contributed by atoms with E-state index in [0.29, 0.717) is 11.4 Å². The van der Waals surface area contributed by atoms with E-state index < -0.39 is 21.8 Å². The Morgan fingerprint density at radius 3 is 1.37 bits per heavy atom. The number of pyridine rings is 3. The van der Waals surface area contributed by atoms with E-state index in [9.17, 15) is 0 Å². The van der Waals surface area contributed by atoms with Crippen LogP contribution in [0.3, 0.4) is 0 Å². The van der Waals surface area contributed by atoms with Crippen LogP contribution in [0.1, 0.15) is 19.6 Å². The Hall–Kier alpha value is -7.14. The fourth-order valence-corrected chi connectivity index (χ4v) is 9.15. The Morgan fingerprint density at radius 1 is 0.397 bits per heavy atom. The quantitative estimate of drug-likeness (QED) is 0.0946. The van der Waals surface area contributed by atoms with Gasteiger partial charge in [-0.15, -0.1) is 23.8 Å². The zero-order chi connectivity index (χ0) is 50.5. The van der Waals surface area contributed by atoms with E-state index in [1.54, 1.807) is 12.1 Å². The third kappa shape index (κ3) is 11.3. The number of hydrogen-bond acceptors (Lipinski definition) is 3. The number of nitrogens with zero attached hydrogens (tertiary/aromatic N) is 3. The van der Waals surface area contributed by atoms with Gasteiger partial charge >= 0.3 is 0 Å². The van der Waals surface area contributed by atoms with Gasteiger partial charge in [0.05, 0.1) is 19.5 Å². The molecule has 0 atom stereocenters. The standard InChI is InChI=1S/C38H30NSi.2C12H11N.CH3.Ir/c1-40(2,3)31-19-22-38(39-25-31)30-18-21-34-32-11-7-8-12-33(32)36-23-29(17-20-35(36)37(34)24-30)28-15-13-27(14-16-28)26-9-5-4-6-10-26;2*1-10-6-5-9-12(13-10)11-7-3-2-4-8-11;;/h4-17,19-25H,1-3H3;2*2-9H,1H3;1H3;/q-1;;;-1;/i;2*1D3;;. The molecule has 8 aromatic carbocycles. The van der Waals surface area contributed by atoms with E-state index in [4.69, 9.17) is 13.2 Å². The van der Waals surface area contributed by atoms with Crippen molar-refractivity contribution < 1.29 is 28.3 Å². The summed E-state index contributed by atoms with van der Waals surface area (Å²) in [5, 5.41) is 8.89. The molecule has 5 heteroatoms. The Labute approximate surface area is 425 Å². The molecule has 0 unspecified atom stereocenters. The van der Waals surface area contributed by atoms with Gasteiger partial charge in [-0.1, -0.05) is 212 Å². The van der Waals surface area contributed by atoms with Crippen molar-refractivity contribution in [3.8, 4) is 56.0 Å². The average molecular weight is 1080 g/mol. The van der Waals surface area contributed by atoms with Gasteiger partial charge < -0.3 is 12.4 Å². The molecule has 0 aliphatic carbocycles. The molecule has 68 heavy (non-hydrogen) atoms. The van der Waals surface area contributed by atoms with Crippen LogP contribution in [0.2, 0.25) is 19.6 Å². The van der Waals surface area contributed by atoms with Crippen molar-refractivity contribution >= 4 is 45.6 Å². The molecule has 337 valence electrons. The van der Waals surface area contributed by atoms with E-state index in [1.165, 1.54) is 71.9 Å². The summed E-state index contributed by atoms with van der Waals surface area (Å²) in [4.78, 5) is 13.2. The zero-order valence-electron chi connectivity index (χ0n) is 44.5. The molecule has 0 aliphatic rings. The summed E-state index contributed by atoms with van der Waals surface area (Å²) in [7, 11) is -1.39. The van der Waals surface area contributed by atoms with Gasteiger partial charge in [0.15, 0.2) is 0 Å². The number of benzene rings is 8. The predicted octanol–water partition coefficient (Wildman–Crippen LogP) is 16.4. The van der Waals surface area contributed by atoms with Crippen molar-refractivity contribution in [3.63, 3.8) is 0 Å². The van der Waals surface area contributed by atoms with Crippen LogP contribution in [0.15, 0.2) is 225 Å². The van der Waals surface area contributed by atoms with Crippen LogP contribution in [0.5, 0.6) is 0 Å². The zero-order valence-corrected chi connectivity index (χ0v) is 41.9. The van der Waals surface area contributed by atoms with Gasteiger partial charge in [-0.3, -0.25) is 9.97 Å². The van der Waals surface area contributed by atoms with Crippen molar-refractivity contribution in [2.75, 3.05) is 0 Å². The van der Waals surface area contributed by atoms with Crippen LogP contribution in [0.4, 0.5) is 0 Å². The molecule has 3 aromatic heterocycles. The Morgan fingerprint density at radius 2 is 0.853 bits per heavy atom. The molecule has 11 rings (SSSR count). The molecule has 0 saturated heterocycles. The second kappa shape index (κ2) is 22.1. The molecule has 0 saturated carbocycles. The molecule has 0 spiro atoms. The van der Waals surface area contributed by atoms with Crippen molar-refractivity contribution in [1.29, 1.82) is 0 Å². The first-order valence-corrected chi connectivity index (χ1v) is 25.6. The minimum Gasteiger partial charge on any atom is -0.358 e. The van der Waals surface area contributed by atoms with Gasteiger partial charge in [0.25, 0.3) is 0 Å². The van der Waals surface area contributed by atoms with E-state index in [1.807, 2.05) is 72.8 Å². The Balaban J connectivity index is 0.000000194. The summed E-state index contributed by atoms with van der Waals surface area (Å²) in [5.74, 6) is 0. The van der Waals surface area contributed by atoms with Crippen LogP contribution in [0.25, 0.3) is 88.3 Å². The monoisotopic (exact) mass is 1080 g/mol. The molecule has 3 nitrogen and oxygen atoms in total. The largest absolute Gasteiger partial charge is 0.358 e. The summed E-state index contributed by atoms with van der Waals surface area (Å²) >= 11 is 0. The number of aryl methyl sites for hydroxylation is 2. The van der Waals surface area contributed by atoms with E-state index in [-0.39, 0.29) is 38.9 Å². The van der Waals surface area contributed by atoms with Crippen LogP contribution < -0.4 is 5.19 Å². The van der Waals surface area contributed by atoms with Gasteiger partial charge in [-0.2, -0.15) is 0 Å². The third-order valence-corrected chi connectivity index (χ3v) is 13.7. The molecule has 3 heterocycles. The maximum atomic E-state index is 7.30. The maximum absolute atomic E-state index is 7.30. The molecular formula is C63H55IrN3Si-2. The summed E-state index contributed by atoms with van der Waals surface area (Å²) in [6.45, 7) is 2.77. The van der Waals surface area contributed by atoms with Crippen molar-refractivity contribution in [2.45, 2.75) is 33.3 Å². The summed E-state index contributed by atoms with van der Waals surface area (Å²) in [6, 6.07) is 76.6. The van der Waals surface area contributed by atoms with Crippen molar-refractivity contribution in [2.24, 2.45) is 0 Å². The molecule has 11 aromatic rings. The van der Waals surface area contributed by atoms with Crippen molar-refractivity contribution in [1.82, 2.24) is 15.0 Å². The first-order valence-electron chi connectivity index (χ1n) is 25.1. The van der Waals surface area contributed by atoms with Gasteiger partial charge in [0.2, 0.25) is 0 Å². The van der Waals surface area contributed by atoms with Crippen LogP contribution in [-0.2, 0) is 20.1 Å². The van der Waals surface area contributed by atoms with Crippen LogP contribution in [0, 0.1) is 27.2 Å². The van der Waals surface area contributed by atoms with E-state index in [2.05, 4.69) is 163 Å². The molecule has 1 radical (unpaired) electrons. The maximum Gasteiger partial charge on any atom is 0.0795 e. The van der Waals surface area contributed by atoms with E-state index >= 15 is 0 Å². The van der Waals surface area contributed by atoms with Gasteiger partial charge in [0, 0.05) is 57.0 Å². The summed E-state index contributed by atoms with van der Waals surface area (Å²) < 4.78 is 43.8. The van der Waals surface area contributed by atoms with Crippen LogP contribution in [-0.4, -0.2) is 23.0 Å². The smallest absolute Gasteiger partial charge is 0.0795 e. The summed E-state index contributed by atoms with van der Waals surface area (Å²) in [6.07, 6.45) is 2.06. The Kier molecular flexibility index (Phi) is 13.4. The third-order valence-electron chi connectivity index (χ3n) is 11.6. The molecule has 0 amide bonds. The van der Waals surface area contributed by atoms with Gasteiger partial charge in [-0.25, -0.2) is 0 Å². The fraction of sp³-hybridized carbons (Fsp3) is 0.0794. The fourth-order valence-electron chi connectivity index (χ4n) is 8.11. The number of fused-ring (bicyclic) bond motifs is 6. The number of hydrogen-bond donors (Lipinski definition) is 0. The Bertz CT molecular complexity index is 3530. The second-order valence-electron chi connectivity index (χ2n) is 17.2. The average Bonchev–Trinajstić information content (AvgIpc) is 3.41. The minimum absolute atomic E-state index is 0. The number of rotatable bonds is 6. The topological polar surface area (TPSA) is 38.7 Å². The number of aromatic nitrogens is 3. The normalized spacial score (nSPS) is 12.5. The summed E-state index contributed by atoms with van der Waals surface area (Å²) in [5.41, 5.74) is 10.4. The molecule has 0 N–H and O–H groups in total. The van der Waals surface area contributed by atoms with Crippen molar-refractivity contribution in [3.05, 3.63) is 249 Å². The molecular weight excluding hydrogens is 1020 g/mol. The second-order valence-corrected chi connectivity index (χ2v) is 22.2. The molecule has 0 fully saturated rings. The van der Waals surface area contributed by atoms with E-state index in [0.717, 1.165) is 22.4 Å². The molecule has 0 aliphatic heterocycles. The predicted molar refractivity (Wildman–Crippen MR) is 290 cm³/mol. The molecule has 0 bridgehead atoms. The van der Waals surface area contributed by atoms with Crippen LogP contribution >= 0.6 is 0 Å². The first kappa shape index (κ1) is 41.1. The first-order chi connectivity index (χ1) is 34.6. The SMILES string of the molecule is C[Si](C)(C)c1ccc(-c2[c-]cc3c4ccccc4c4cc(-c5ccc(-c6ccccc6)cc5)ccc4c3c2)nc1.[2H]C([2H])([2H])c1cccc(-c2ccccc2)n1.[2H]C([2H])([2H])c1cccc(-c2ccccc2)n1.[CH3-].[Ir]. The van der Waals surface area contributed by atoms with Gasteiger partial charge in [0.1, 0.15) is 0 Å². The minimum atomic E-state index is -2.15.